The zero-order valence-corrected chi connectivity index (χ0v) is 10.4. The van der Waals surface area contributed by atoms with Gasteiger partial charge in [-0.1, -0.05) is 20.3 Å². The number of likely N-dealkylation sites (N-methyl/N-ethyl adjacent to an activating group) is 2. The molecule has 1 aliphatic rings. The Bertz CT molecular complexity index is 280. The van der Waals surface area contributed by atoms with Crippen molar-refractivity contribution in [2.75, 3.05) is 20.6 Å². The summed E-state index contributed by atoms with van der Waals surface area (Å²) in [6, 6.07) is -0.465. The van der Waals surface area contributed by atoms with Crippen LogP contribution in [0, 0.1) is 5.92 Å². The summed E-state index contributed by atoms with van der Waals surface area (Å²) in [6.07, 6.45) is 0.860. The van der Waals surface area contributed by atoms with Crippen molar-refractivity contribution in [1.29, 1.82) is 0 Å². The third-order valence-electron chi connectivity index (χ3n) is 3.20. The fourth-order valence-corrected chi connectivity index (χ4v) is 1.62. The van der Waals surface area contributed by atoms with Crippen LogP contribution in [0.25, 0.3) is 0 Å². The van der Waals surface area contributed by atoms with E-state index < -0.39 is 6.04 Å². The second-order valence-electron chi connectivity index (χ2n) is 4.44. The maximum Gasteiger partial charge on any atom is 0.242 e. The summed E-state index contributed by atoms with van der Waals surface area (Å²) in [7, 11) is 3.48. The van der Waals surface area contributed by atoms with E-state index in [9.17, 15) is 9.59 Å². The first-order valence-electron chi connectivity index (χ1n) is 5.73. The summed E-state index contributed by atoms with van der Waals surface area (Å²) >= 11 is 0. The summed E-state index contributed by atoms with van der Waals surface area (Å²) in [6.45, 7) is 4.76. The third-order valence-corrected chi connectivity index (χ3v) is 3.20. The van der Waals surface area contributed by atoms with E-state index in [0.717, 1.165) is 13.0 Å². The molecule has 2 N–H and O–H groups in total. The van der Waals surface area contributed by atoms with Crippen LogP contribution in [0.3, 0.4) is 0 Å². The number of nitrogens with one attached hydrogen (secondary N) is 2. The number of hydrogen-bond acceptors (Lipinski definition) is 3. The number of nitrogens with zero attached hydrogens (tertiary/aromatic N) is 1. The average molecular weight is 227 g/mol. The van der Waals surface area contributed by atoms with Crippen LogP contribution in [0.5, 0.6) is 0 Å². The number of carbonyl (C=O) groups excluding carboxylic acids is 2. The lowest BCUT2D eigenvalue weighted by Crippen LogP contribution is -2.50. The van der Waals surface area contributed by atoms with Gasteiger partial charge in [0, 0.05) is 13.6 Å². The molecule has 1 saturated heterocycles. The Hall–Kier alpha value is -1.10. The van der Waals surface area contributed by atoms with Gasteiger partial charge in [0.05, 0.1) is 0 Å². The average Bonchev–Trinajstić information content (AvgIpc) is 3.01. The smallest absolute Gasteiger partial charge is 0.242 e. The van der Waals surface area contributed by atoms with E-state index in [1.165, 1.54) is 0 Å². The number of amides is 2. The highest BCUT2D eigenvalue weighted by atomic mass is 16.2. The first kappa shape index (κ1) is 13.0. The fourth-order valence-electron chi connectivity index (χ4n) is 1.62. The lowest BCUT2D eigenvalue weighted by molar-refractivity contribution is -0.130. The molecule has 92 valence electrons. The molecule has 0 spiro atoms. The Kier molecular flexibility index (Phi) is 4.29. The Morgan fingerprint density at radius 2 is 2.06 bits per heavy atom. The standard InChI is InChI=1S/C11H21N3O2/c1-5-7(2)9(11(16)12-3)13-10(15)8-6-14(8)4/h7-9H,5-6H2,1-4H3,(H,12,16)(H,13,15)/t7-,8?,9?,14?/m0/s1. The van der Waals surface area contributed by atoms with E-state index in [4.69, 9.17) is 0 Å². The predicted molar refractivity (Wildman–Crippen MR) is 61.9 cm³/mol. The second kappa shape index (κ2) is 5.30. The van der Waals surface area contributed by atoms with Gasteiger partial charge < -0.3 is 10.6 Å². The van der Waals surface area contributed by atoms with Crippen LogP contribution in [0.2, 0.25) is 0 Å². The fraction of sp³-hybridized carbons (Fsp3) is 0.818. The molecule has 1 rings (SSSR count). The van der Waals surface area contributed by atoms with E-state index in [1.807, 2.05) is 25.8 Å². The summed E-state index contributed by atoms with van der Waals surface area (Å²) in [4.78, 5) is 25.3. The Morgan fingerprint density at radius 1 is 1.50 bits per heavy atom. The molecule has 16 heavy (non-hydrogen) atoms. The van der Waals surface area contributed by atoms with Gasteiger partial charge in [0.1, 0.15) is 12.1 Å². The second-order valence-corrected chi connectivity index (χ2v) is 4.44. The third kappa shape index (κ3) is 2.95. The quantitative estimate of drug-likeness (QED) is 0.627. The van der Waals surface area contributed by atoms with Crippen LogP contribution >= 0.6 is 0 Å². The summed E-state index contributed by atoms with van der Waals surface area (Å²) in [5.74, 6) is -0.0182. The molecule has 3 unspecified atom stereocenters. The van der Waals surface area contributed by atoms with Gasteiger partial charge in [-0.3, -0.25) is 14.5 Å². The SMILES string of the molecule is CC[C@H](C)C(NC(=O)C1CN1C)C(=O)NC. The van der Waals surface area contributed by atoms with Gasteiger partial charge in [0.15, 0.2) is 0 Å². The largest absolute Gasteiger partial charge is 0.357 e. The number of carbonyl (C=O) groups is 2. The van der Waals surface area contributed by atoms with Gasteiger partial charge >= 0.3 is 0 Å². The maximum absolute atomic E-state index is 11.7. The van der Waals surface area contributed by atoms with E-state index in [1.54, 1.807) is 7.05 Å². The van der Waals surface area contributed by atoms with E-state index >= 15 is 0 Å². The Labute approximate surface area is 96.6 Å². The van der Waals surface area contributed by atoms with Crippen LogP contribution in [0.4, 0.5) is 0 Å². The lowest BCUT2D eigenvalue weighted by Gasteiger charge is -2.22. The van der Waals surface area contributed by atoms with Gasteiger partial charge in [0.2, 0.25) is 11.8 Å². The minimum absolute atomic E-state index is 0.0450. The molecule has 0 saturated carbocycles. The molecule has 5 heteroatoms. The van der Waals surface area contributed by atoms with Crippen LogP contribution in [0.15, 0.2) is 0 Å². The molecule has 0 aromatic heterocycles. The van der Waals surface area contributed by atoms with Gasteiger partial charge in [-0.2, -0.15) is 0 Å². The minimum atomic E-state index is -0.420. The maximum atomic E-state index is 11.7. The van der Waals surface area contributed by atoms with Crippen LogP contribution in [0.1, 0.15) is 20.3 Å². The first-order valence-corrected chi connectivity index (χ1v) is 5.73. The highest BCUT2D eigenvalue weighted by molar-refractivity contribution is 5.91. The normalized spacial score (nSPS) is 26.8. The molecule has 1 fully saturated rings. The molecule has 0 aromatic carbocycles. The van der Waals surface area contributed by atoms with E-state index in [-0.39, 0.29) is 23.8 Å². The highest BCUT2D eigenvalue weighted by Gasteiger charge is 2.39. The van der Waals surface area contributed by atoms with E-state index in [0.29, 0.717) is 0 Å². The van der Waals surface area contributed by atoms with Crippen molar-refractivity contribution in [3.8, 4) is 0 Å². The molecule has 1 heterocycles. The van der Waals surface area contributed by atoms with Crippen molar-refractivity contribution >= 4 is 11.8 Å². The summed E-state index contributed by atoms with van der Waals surface area (Å²) in [5, 5.41) is 5.41. The molecular formula is C11H21N3O2. The number of hydrogen-bond donors (Lipinski definition) is 2. The zero-order valence-electron chi connectivity index (χ0n) is 10.4. The van der Waals surface area contributed by atoms with Crippen LogP contribution in [-0.4, -0.2) is 49.4 Å². The monoisotopic (exact) mass is 227 g/mol. The molecule has 2 amide bonds. The van der Waals surface area contributed by atoms with Crippen molar-refractivity contribution in [1.82, 2.24) is 15.5 Å². The zero-order chi connectivity index (χ0) is 12.3. The van der Waals surface area contributed by atoms with Gasteiger partial charge in [-0.25, -0.2) is 0 Å². The van der Waals surface area contributed by atoms with Gasteiger partial charge in [-0.05, 0) is 13.0 Å². The molecule has 4 atom stereocenters. The van der Waals surface area contributed by atoms with Crippen LogP contribution in [-0.2, 0) is 9.59 Å². The van der Waals surface area contributed by atoms with Crippen LogP contribution < -0.4 is 10.6 Å². The van der Waals surface area contributed by atoms with Crippen molar-refractivity contribution in [2.24, 2.45) is 5.92 Å². The highest BCUT2D eigenvalue weighted by Crippen LogP contribution is 2.15. The van der Waals surface area contributed by atoms with Crippen molar-refractivity contribution in [3.05, 3.63) is 0 Å². The van der Waals surface area contributed by atoms with Crippen molar-refractivity contribution < 1.29 is 9.59 Å². The molecule has 5 nitrogen and oxygen atoms in total. The Morgan fingerprint density at radius 3 is 2.44 bits per heavy atom. The van der Waals surface area contributed by atoms with Gasteiger partial charge in [0.25, 0.3) is 0 Å². The lowest BCUT2D eigenvalue weighted by atomic mass is 9.98. The predicted octanol–water partition coefficient (Wildman–Crippen LogP) is -0.423. The van der Waals surface area contributed by atoms with Crippen molar-refractivity contribution in [3.63, 3.8) is 0 Å². The van der Waals surface area contributed by atoms with E-state index in [2.05, 4.69) is 10.6 Å². The Balaban J connectivity index is 2.56. The summed E-state index contributed by atoms with van der Waals surface area (Å²) < 4.78 is 0. The molecular weight excluding hydrogens is 206 g/mol. The van der Waals surface area contributed by atoms with Gasteiger partial charge in [-0.15, -0.1) is 0 Å². The molecule has 1 aliphatic heterocycles. The molecule has 0 radical (unpaired) electrons. The molecule has 0 aromatic rings. The topological polar surface area (TPSA) is 61.2 Å². The minimum Gasteiger partial charge on any atom is -0.357 e. The summed E-state index contributed by atoms with van der Waals surface area (Å²) in [5.41, 5.74) is 0. The molecule has 0 bridgehead atoms. The van der Waals surface area contributed by atoms with Crippen molar-refractivity contribution in [2.45, 2.75) is 32.4 Å². The molecule has 0 aliphatic carbocycles. The first-order chi connectivity index (χ1) is 7.51. The number of rotatable bonds is 5.